The molecule has 1 rings (SSSR count). The largest absolute Gasteiger partial charge is 0.481 e. The summed E-state index contributed by atoms with van der Waals surface area (Å²) in [6.45, 7) is 2.63. The first-order valence-electron chi connectivity index (χ1n) is 7.24. The molecule has 1 unspecified atom stereocenters. The Morgan fingerprint density at radius 3 is 2.57 bits per heavy atom. The van der Waals surface area contributed by atoms with E-state index in [2.05, 4.69) is 5.32 Å². The average Bonchev–Trinajstić information content (AvgIpc) is 2.46. The van der Waals surface area contributed by atoms with Gasteiger partial charge in [-0.2, -0.15) is 0 Å². The molecule has 0 aliphatic carbocycles. The Labute approximate surface area is 130 Å². The summed E-state index contributed by atoms with van der Waals surface area (Å²) in [5, 5.41) is 11.5. The number of hydrogen-bond acceptors (Lipinski definition) is 3. The van der Waals surface area contributed by atoms with Gasteiger partial charge in [0.15, 0.2) is 0 Å². The summed E-state index contributed by atoms with van der Waals surface area (Å²) in [5.74, 6) is 0.387. The summed E-state index contributed by atoms with van der Waals surface area (Å²) < 4.78 is 0. The zero-order chi connectivity index (χ0) is 15.5. The van der Waals surface area contributed by atoms with Crippen molar-refractivity contribution >= 4 is 23.6 Å². The summed E-state index contributed by atoms with van der Waals surface area (Å²) in [4.78, 5) is 23.3. The van der Waals surface area contributed by atoms with Crippen LogP contribution in [-0.2, 0) is 9.59 Å². The van der Waals surface area contributed by atoms with Gasteiger partial charge >= 0.3 is 5.97 Å². The van der Waals surface area contributed by atoms with Crippen LogP contribution in [0.2, 0.25) is 0 Å². The van der Waals surface area contributed by atoms with E-state index in [0.717, 1.165) is 12.2 Å². The maximum atomic E-state index is 11.7. The van der Waals surface area contributed by atoms with Gasteiger partial charge in [-0.1, -0.05) is 25.1 Å². The van der Waals surface area contributed by atoms with Crippen molar-refractivity contribution in [2.45, 2.75) is 37.5 Å². The molecule has 4 nitrogen and oxygen atoms in total. The van der Waals surface area contributed by atoms with E-state index in [1.54, 1.807) is 11.8 Å². The highest BCUT2D eigenvalue weighted by atomic mass is 32.2. The third-order valence-electron chi connectivity index (χ3n) is 3.15. The first-order valence-corrected chi connectivity index (χ1v) is 8.23. The van der Waals surface area contributed by atoms with Gasteiger partial charge in [0.1, 0.15) is 0 Å². The van der Waals surface area contributed by atoms with Crippen molar-refractivity contribution in [3.8, 4) is 0 Å². The second-order valence-corrected chi connectivity index (χ2v) is 6.26. The lowest BCUT2D eigenvalue weighted by molar-refractivity contribution is -0.137. The number of rotatable bonds is 10. The zero-order valence-electron chi connectivity index (χ0n) is 12.4. The molecule has 1 aromatic carbocycles. The van der Waals surface area contributed by atoms with Crippen molar-refractivity contribution in [1.82, 2.24) is 5.32 Å². The summed E-state index contributed by atoms with van der Waals surface area (Å²) in [6, 6.07) is 10.0. The Kier molecular flexibility index (Phi) is 8.59. The van der Waals surface area contributed by atoms with E-state index < -0.39 is 5.97 Å². The number of carboxylic acids is 1. The summed E-state index contributed by atoms with van der Waals surface area (Å²) in [5.41, 5.74) is 0. The molecule has 1 atom stereocenters. The van der Waals surface area contributed by atoms with Gasteiger partial charge in [-0.05, 0) is 30.9 Å². The molecule has 2 N–H and O–H groups in total. The maximum absolute atomic E-state index is 11.7. The lowest BCUT2D eigenvalue weighted by Gasteiger charge is -2.10. The SMILES string of the molecule is CC(CCNC(=O)CCSc1ccccc1)CCC(=O)O. The fourth-order valence-corrected chi connectivity index (χ4v) is 2.71. The molecular formula is C16H23NO3S. The van der Waals surface area contributed by atoms with E-state index in [9.17, 15) is 9.59 Å². The van der Waals surface area contributed by atoms with Crippen molar-refractivity contribution in [2.24, 2.45) is 5.92 Å². The topological polar surface area (TPSA) is 66.4 Å². The monoisotopic (exact) mass is 309 g/mol. The van der Waals surface area contributed by atoms with Crippen LogP contribution in [0.3, 0.4) is 0 Å². The normalized spacial score (nSPS) is 11.9. The van der Waals surface area contributed by atoms with E-state index in [-0.39, 0.29) is 12.3 Å². The summed E-state index contributed by atoms with van der Waals surface area (Å²) in [7, 11) is 0. The first-order chi connectivity index (χ1) is 10.1. The lowest BCUT2D eigenvalue weighted by Crippen LogP contribution is -2.25. The molecule has 116 valence electrons. The molecule has 5 heteroatoms. The highest BCUT2D eigenvalue weighted by Gasteiger charge is 2.07. The molecule has 0 aromatic heterocycles. The minimum absolute atomic E-state index is 0.0591. The second kappa shape index (κ2) is 10.3. The number of amides is 1. The number of thioether (sulfide) groups is 1. The molecule has 0 aliphatic heterocycles. The van der Waals surface area contributed by atoms with Gasteiger partial charge < -0.3 is 10.4 Å². The van der Waals surface area contributed by atoms with E-state index in [1.807, 2.05) is 37.3 Å². The molecular weight excluding hydrogens is 286 g/mol. The van der Waals surface area contributed by atoms with Crippen molar-refractivity contribution in [3.63, 3.8) is 0 Å². The molecule has 0 radical (unpaired) electrons. The fourth-order valence-electron chi connectivity index (χ4n) is 1.84. The molecule has 0 spiro atoms. The predicted octanol–water partition coefficient (Wildman–Crippen LogP) is 3.18. The molecule has 0 fully saturated rings. The number of carbonyl (C=O) groups is 2. The van der Waals surface area contributed by atoms with Crippen molar-refractivity contribution in [3.05, 3.63) is 30.3 Å². The molecule has 21 heavy (non-hydrogen) atoms. The highest BCUT2D eigenvalue weighted by Crippen LogP contribution is 2.17. The second-order valence-electron chi connectivity index (χ2n) is 5.09. The minimum Gasteiger partial charge on any atom is -0.481 e. The molecule has 0 saturated heterocycles. The lowest BCUT2D eigenvalue weighted by atomic mass is 10.0. The maximum Gasteiger partial charge on any atom is 0.303 e. The Morgan fingerprint density at radius 1 is 1.19 bits per heavy atom. The van der Waals surface area contributed by atoms with Gasteiger partial charge in [0.2, 0.25) is 5.91 Å². The number of hydrogen-bond donors (Lipinski definition) is 2. The van der Waals surface area contributed by atoms with Gasteiger partial charge in [-0.3, -0.25) is 9.59 Å². The van der Waals surface area contributed by atoms with Gasteiger partial charge in [0.25, 0.3) is 0 Å². The number of aliphatic carboxylic acids is 1. The Morgan fingerprint density at radius 2 is 1.90 bits per heavy atom. The smallest absolute Gasteiger partial charge is 0.303 e. The highest BCUT2D eigenvalue weighted by molar-refractivity contribution is 7.99. The van der Waals surface area contributed by atoms with Crippen molar-refractivity contribution in [1.29, 1.82) is 0 Å². The van der Waals surface area contributed by atoms with Crippen LogP contribution in [0.15, 0.2) is 35.2 Å². The fraction of sp³-hybridized carbons (Fsp3) is 0.500. The molecule has 0 heterocycles. The van der Waals surface area contributed by atoms with E-state index in [4.69, 9.17) is 5.11 Å². The quantitative estimate of drug-likeness (QED) is 0.651. The number of carboxylic acid groups (broad SMARTS) is 1. The zero-order valence-corrected chi connectivity index (χ0v) is 13.2. The molecule has 1 amide bonds. The van der Waals surface area contributed by atoms with E-state index >= 15 is 0 Å². The van der Waals surface area contributed by atoms with Gasteiger partial charge in [0.05, 0.1) is 0 Å². The van der Waals surface area contributed by atoms with Gasteiger partial charge in [0, 0.05) is 30.0 Å². The third kappa shape index (κ3) is 9.13. The number of nitrogens with one attached hydrogen (secondary N) is 1. The van der Waals surface area contributed by atoms with Crippen LogP contribution in [0.4, 0.5) is 0 Å². The molecule has 0 bridgehead atoms. The van der Waals surface area contributed by atoms with Gasteiger partial charge in [-0.15, -0.1) is 11.8 Å². The van der Waals surface area contributed by atoms with Crippen LogP contribution in [0, 0.1) is 5.92 Å². The van der Waals surface area contributed by atoms with Crippen molar-refractivity contribution < 1.29 is 14.7 Å². The van der Waals surface area contributed by atoms with Crippen LogP contribution in [0.5, 0.6) is 0 Å². The minimum atomic E-state index is -0.760. The average molecular weight is 309 g/mol. The summed E-state index contributed by atoms with van der Waals surface area (Å²) in [6.07, 6.45) is 2.19. The number of carbonyl (C=O) groups excluding carboxylic acids is 1. The van der Waals surface area contributed by atoms with Gasteiger partial charge in [-0.25, -0.2) is 0 Å². The Bertz CT molecular complexity index is 436. The van der Waals surface area contributed by atoms with E-state index in [1.165, 1.54) is 4.90 Å². The molecule has 0 saturated carbocycles. The van der Waals surface area contributed by atoms with Crippen LogP contribution in [0.25, 0.3) is 0 Å². The Balaban J connectivity index is 2.05. The predicted molar refractivity (Wildman–Crippen MR) is 85.4 cm³/mol. The van der Waals surface area contributed by atoms with Crippen molar-refractivity contribution in [2.75, 3.05) is 12.3 Å². The van der Waals surface area contributed by atoms with Crippen LogP contribution < -0.4 is 5.32 Å². The summed E-state index contributed by atoms with van der Waals surface area (Å²) >= 11 is 1.67. The first kappa shape index (κ1) is 17.6. The van der Waals surface area contributed by atoms with E-state index in [0.29, 0.717) is 25.3 Å². The molecule has 1 aromatic rings. The third-order valence-corrected chi connectivity index (χ3v) is 4.17. The van der Waals surface area contributed by atoms with Crippen LogP contribution in [-0.4, -0.2) is 29.3 Å². The molecule has 0 aliphatic rings. The van der Waals surface area contributed by atoms with Crippen LogP contribution >= 0.6 is 11.8 Å². The Hall–Kier alpha value is -1.49. The van der Waals surface area contributed by atoms with Crippen LogP contribution in [0.1, 0.15) is 32.6 Å². The standard InChI is InChI=1S/C16H23NO3S/c1-13(7-8-16(19)20)9-11-17-15(18)10-12-21-14-5-3-2-4-6-14/h2-6,13H,7-12H2,1H3,(H,17,18)(H,19,20). The number of benzene rings is 1.